The second-order valence-corrected chi connectivity index (χ2v) is 10.7. The molecule has 0 saturated heterocycles. The summed E-state index contributed by atoms with van der Waals surface area (Å²) in [7, 11) is 1.12. The van der Waals surface area contributed by atoms with Crippen molar-refractivity contribution in [3.05, 3.63) is 0 Å². The standard InChI is InChI=1S/C22H40N4O8S/c1-13(27)25-16(11-35-9-8-33-14(2)28)18(29)26-15(19(30)32-7)10-34-20(31)17(23)21(3,4)12-22(5,6)24/h15-17H,8-12,23-24H2,1-7H3,(H,25,27)(H,26,29). The zero-order valence-corrected chi connectivity index (χ0v) is 22.4. The molecule has 0 aliphatic rings. The van der Waals surface area contributed by atoms with E-state index in [0.29, 0.717) is 12.2 Å². The molecule has 3 unspecified atom stereocenters. The number of esters is 3. The average Bonchev–Trinajstić information content (AvgIpc) is 2.71. The van der Waals surface area contributed by atoms with Crippen molar-refractivity contribution >= 4 is 41.5 Å². The number of methoxy groups -OCH3 is 1. The first-order valence-corrected chi connectivity index (χ1v) is 12.2. The number of carbonyl (C=O) groups is 5. The smallest absolute Gasteiger partial charge is 0.331 e. The van der Waals surface area contributed by atoms with Gasteiger partial charge in [-0.05, 0) is 25.7 Å². The van der Waals surface area contributed by atoms with Crippen LogP contribution in [0.3, 0.4) is 0 Å². The van der Waals surface area contributed by atoms with Crippen LogP contribution >= 0.6 is 11.8 Å². The lowest BCUT2D eigenvalue weighted by atomic mass is 9.75. The first kappa shape index (κ1) is 32.6. The van der Waals surface area contributed by atoms with E-state index in [9.17, 15) is 24.0 Å². The van der Waals surface area contributed by atoms with Gasteiger partial charge in [0.2, 0.25) is 11.8 Å². The topological polar surface area (TPSA) is 189 Å². The number of nitrogens with one attached hydrogen (secondary N) is 2. The highest BCUT2D eigenvalue weighted by molar-refractivity contribution is 7.99. The molecule has 0 aromatic rings. The lowest BCUT2D eigenvalue weighted by molar-refractivity contribution is -0.154. The summed E-state index contributed by atoms with van der Waals surface area (Å²) in [5, 5.41) is 4.93. The molecule has 0 saturated carbocycles. The van der Waals surface area contributed by atoms with Crippen LogP contribution in [-0.2, 0) is 38.2 Å². The Labute approximate surface area is 210 Å². The number of nitrogens with two attached hydrogens (primary N) is 2. The van der Waals surface area contributed by atoms with Gasteiger partial charge < -0.3 is 36.3 Å². The number of hydrogen-bond acceptors (Lipinski definition) is 11. The van der Waals surface area contributed by atoms with Crippen LogP contribution in [-0.4, -0.2) is 85.2 Å². The van der Waals surface area contributed by atoms with E-state index in [1.165, 1.54) is 25.6 Å². The van der Waals surface area contributed by atoms with Gasteiger partial charge in [0.1, 0.15) is 25.3 Å². The first-order chi connectivity index (χ1) is 16.0. The molecule has 0 aromatic heterocycles. The summed E-state index contributed by atoms with van der Waals surface area (Å²) in [6.45, 7) is 9.35. The maximum atomic E-state index is 12.8. The SMILES string of the molecule is COC(=O)C(COC(=O)C(N)C(C)(C)CC(C)(C)N)NC(=O)C(CSCCOC(C)=O)NC(C)=O. The van der Waals surface area contributed by atoms with Gasteiger partial charge in [0, 0.05) is 30.9 Å². The fourth-order valence-electron chi connectivity index (χ4n) is 3.32. The molecule has 0 bridgehead atoms. The molecule has 0 radical (unpaired) electrons. The van der Waals surface area contributed by atoms with Crippen molar-refractivity contribution < 1.29 is 38.2 Å². The zero-order chi connectivity index (χ0) is 27.4. The van der Waals surface area contributed by atoms with E-state index in [2.05, 4.69) is 10.6 Å². The summed E-state index contributed by atoms with van der Waals surface area (Å²) < 4.78 is 14.8. The Morgan fingerprint density at radius 2 is 1.54 bits per heavy atom. The van der Waals surface area contributed by atoms with Crippen LogP contribution < -0.4 is 22.1 Å². The maximum absolute atomic E-state index is 12.8. The fraction of sp³-hybridized carbons (Fsp3) is 0.773. The molecule has 0 fully saturated rings. The van der Waals surface area contributed by atoms with Crippen LogP contribution in [0.1, 0.15) is 48.0 Å². The van der Waals surface area contributed by atoms with E-state index in [4.69, 9.17) is 25.7 Å². The van der Waals surface area contributed by atoms with Gasteiger partial charge in [-0.15, -0.1) is 0 Å². The minimum Gasteiger partial charge on any atom is -0.467 e. The highest BCUT2D eigenvalue weighted by atomic mass is 32.2. The minimum atomic E-state index is -1.32. The molecule has 12 nitrogen and oxygen atoms in total. The van der Waals surface area contributed by atoms with E-state index in [0.717, 1.165) is 7.11 Å². The molecule has 0 spiro atoms. The van der Waals surface area contributed by atoms with Gasteiger partial charge in [0.25, 0.3) is 0 Å². The Kier molecular flexibility index (Phi) is 13.9. The summed E-state index contributed by atoms with van der Waals surface area (Å²) >= 11 is 1.26. The normalized spacial score (nSPS) is 14.2. The first-order valence-electron chi connectivity index (χ1n) is 11.1. The third kappa shape index (κ3) is 13.9. The van der Waals surface area contributed by atoms with Gasteiger partial charge in [-0.25, -0.2) is 4.79 Å². The summed E-state index contributed by atoms with van der Waals surface area (Å²) in [4.78, 5) is 59.9. The Balaban J connectivity index is 5.16. The zero-order valence-electron chi connectivity index (χ0n) is 21.6. The summed E-state index contributed by atoms with van der Waals surface area (Å²) in [6.07, 6.45) is 0.431. The van der Waals surface area contributed by atoms with Crippen molar-refractivity contribution in [2.75, 3.05) is 31.8 Å². The average molecular weight is 521 g/mol. The van der Waals surface area contributed by atoms with Crippen LogP contribution in [0.2, 0.25) is 0 Å². The number of thioether (sulfide) groups is 1. The quantitative estimate of drug-likeness (QED) is 0.123. The van der Waals surface area contributed by atoms with Gasteiger partial charge in [-0.1, -0.05) is 13.8 Å². The third-order valence-corrected chi connectivity index (χ3v) is 5.74. The van der Waals surface area contributed by atoms with Crippen molar-refractivity contribution in [2.24, 2.45) is 16.9 Å². The molecule has 0 aliphatic carbocycles. The van der Waals surface area contributed by atoms with E-state index < -0.39 is 65.4 Å². The summed E-state index contributed by atoms with van der Waals surface area (Å²) in [5.41, 5.74) is 10.9. The lowest BCUT2D eigenvalue weighted by Crippen LogP contribution is -2.55. The maximum Gasteiger partial charge on any atom is 0.331 e. The van der Waals surface area contributed by atoms with E-state index in [-0.39, 0.29) is 12.4 Å². The van der Waals surface area contributed by atoms with Crippen molar-refractivity contribution in [3.63, 3.8) is 0 Å². The molecular weight excluding hydrogens is 480 g/mol. The minimum absolute atomic E-state index is 0.146. The predicted molar refractivity (Wildman–Crippen MR) is 131 cm³/mol. The molecule has 35 heavy (non-hydrogen) atoms. The van der Waals surface area contributed by atoms with Crippen molar-refractivity contribution in [1.82, 2.24) is 10.6 Å². The van der Waals surface area contributed by atoms with Crippen LogP contribution in [0.15, 0.2) is 0 Å². The molecular formula is C22H40N4O8S. The number of rotatable bonds is 15. The molecule has 13 heteroatoms. The summed E-state index contributed by atoms with van der Waals surface area (Å²) in [6, 6.07) is -3.34. The molecule has 2 amide bonds. The van der Waals surface area contributed by atoms with Gasteiger partial charge in [-0.2, -0.15) is 11.8 Å². The number of carbonyl (C=O) groups excluding carboxylic acids is 5. The van der Waals surface area contributed by atoms with Gasteiger partial charge >= 0.3 is 17.9 Å². The van der Waals surface area contributed by atoms with Crippen LogP contribution in [0.4, 0.5) is 0 Å². The number of hydrogen-bond donors (Lipinski definition) is 4. The van der Waals surface area contributed by atoms with Gasteiger partial charge in [0.05, 0.1) is 7.11 Å². The Morgan fingerprint density at radius 3 is 2.03 bits per heavy atom. The Hall–Kier alpha value is -2.38. The summed E-state index contributed by atoms with van der Waals surface area (Å²) in [5.74, 6) is -2.62. The molecule has 3 atom stereocenters. The van der Waals surface area contributed by atoms with E-state index in [1.54, 1.807) is 13.8 Å². The second kappa shape index (κ2) is 14.9. The predicted octanol–water partition coefficient (Wildman–Crippen LogP) is -0.531. The number of amides is 2. The fourth-order valence-corrected chi connectivity index (χ4v) is 4.15. The number of ether oxygens (including phenoxy) is 3. The highest BCUT2D eigenvalue weighted by Gasteiger charge is 2.37. The Morgan fingerprint density at radius 1 is 0.943 bits per heavy atom. The molecule has 0 aliphatic heterocycles. The van der Waals surface area contributed by atoms with Crippen molar-refractivity contribution in [1.29, 1.82) is 0 Å². The van der Waals surface area contributed by atoms with Crippen molar-refractivity contribution in [3.8, 4) is 0 Å². The highest BCUT2D eigenvalue weighted by Crippen LogP contribution is 2.29. The monoisotopic (exact) mass is 520 g/mol. The second-order valence-electron chi connectivity index (χ2n) is 9.51. The molecule has 0 rings (SSSR count). The van der Waals surface area contributed by atoms with Crippen LogP contribution in [0, 0.1) is 5.41 Å². The van der Waals surface area contributed by atoms with Crippen LogP contribution in [0.5, 0.6) is 0 Å². The molecule has 0 heterocycles. The molecule has 202 valence electrons. The van der Waals surface area contributed by atoms with Gasteiger partial charge in [0.15, 0.2) is 6.04 Å². The van der Waals surface area contributed by atoms with E-state index >= 15 is 0 Å². The third-order valence-electron chi connectivity index (χ3n) is 4.71. The van der Waals surface area contributed by atoms with Gasteiger partial charge in [-0.3, -0.25) is 19.2 Å². The largest absolute Gasteiger partial charge is 0.467 e. The molecule has 6 N–H and O–H groups in total. The van der Waals surface area contributed by atoms with Crippen LogP contribution in [0.25, 0.3) is 0 Å². The van der Waals surface area contributed by atoms with E-state index in [1.807, 2.05) is 13.8 Å². The lowest BCUT2D eigenvalue weighted by Gasteiger charge is -2.35. The molecule has 0 aromatic carbocycles. The Bertz CT molecular complexity index is 754. The van der Waals surface area contributed by atoms with Crippen molar-refractivity contribution in [2.45, 2.75) is 71.6 Å².